The first-order chi connectivity index (χ1) is 30.8. The molecule has 58 heavy (non-hydrogen) atoms. The number of fused-ring (bicyclic) bond motifs is 13. The molecule has 12 rings (SSSR count). The van der Waals surface area contributed by atoms with Gasteiger partial charge in [0.15, 0.2) is 0 Å². The highest BCUT2D eigenvalue weighted by Crippen LogP contribution is 2.63. The third-order valence-corrected chi connectivity index (χ3v) is 11.9. The van der Waals surface area contributed by atoms with Crippen LogP contribution in [0.15, 0.2) is 223 Å². The summed E-state index contributed by atoms with van der Waals surface area (Å²) < 4.78 is 49.9. The zero-order valence-corrected chi connectivity index (χ0v) is 31.2. The van der Waals surface area contributed by atoms with Gasteiger partial charge >= 0.3 is 0 Å². The van der Waals surface area contributed by atoms with Gasteiger partial charge in [0.2, 0.25) is 0 Å². The Labute approximate surface area is 344 Å². The Morgan fingerprint density at radius 2 is 0.810 bits per heavy atom. The second-order valence-electron chi connectivity index (χ2n) is 14.9. The molecule has 0 radical (unpaired) electrons. The van der Waals surface area contributed by atoms with E-state index in [1.165, 1.54) is 16.7 Å². The minimum Gasteiger partial charge on any atom is -0.456 e. The van der Waals surface area contributed by atoms with Crippen molar-refractivity contribution >= 4 is 56.1 Å². The Bertz CT molecular complexity index is 3470. The highest BCUT2D eigenvalue weighted by Gasteiger charge is 2.51. The number of furan rings is 1. The van der Waals surface area contributed by atoms with Crippen LogP contribution >= 0.6 is 0 Å². The number of para-hydroxylation sites is 4. The lowest BCUT2D eigenvalue weighted by Crippen LogP contribution is -2.26. The molecule has 1 unspecified atom stereocenters. The first-order valence-corrected chi connectivity index (χ1v) is 19.5. The van der Waals surface area contributed by atoms with Crippen LogP contribution in [-0.4, -0.2) is 0 Å². The van der Waals surface area contributed by atoms with Crippen LogP contribution < -0.4 is 9.80 Å². The zero-order chi connectivity index (χ0) is 42.6. The lowest BCUT2D eigenvalue weighted by molar-refractivity contribution is 0.669. The summed E-state index contributed by atoms with van der Waals surface area (Å²) in [6, 6.07) is 63.3. The Morgan fingerprint density at radius 1 is 0.345 bits per heavy atom. The summed E-state index contributed by atoms with van der Waals surface area (Å²) in [5.74, 6) is 0. The first-order valence-electron chi connectivity index (χ1n) is 22.0. The molecule has 9 aromatic carbocycles. The van der Waals surface area contributed by atoms with Crippen LogP contribution in [0, 0.1) is 0 Å². The predicted molar refractivity (Wildman–Crippen MR) is 239 cm³/mol. The third kappa shape index (κ3) is 4.68. The van der Waals surface area contributed by atoms with Crippen molar-refractivity contribution < 1.29 is 11.3 Å². The van der Waals surface area contributed by atoms with E-state index in [9.17, 15) is 0 Å². The van der Waals surface area contributed by atoms with E-state index in [0.29, 0.717) is 11.4 Å². The van der Waals surface area contributed by atoms with Gasteiger partial charge in [-0.2, -0.15) is 0 Å². The van der Waals surface area contributed by atoms with E-state index < -0.39 is 11.5 Å². The van der Waals surface area contributed by atoms with Gasteiger partial charge in [-0.1, -0.05) is 133 Å². The fourth-order valence-corrected chi connectivity index (χ4v) is 9.62. The summed E-state index contributed by atoms with van der Waals surface area (Å²) in [7, 11) is 0. The van der Waals surface area contributed by atoms with E-state index >= 15 is 0 Å². The van der Waals surface area contributed by atoms with Gasteiger partial charge in [-0.25, -0.2) is 0 Å². The van der Waals surface area contributed by atoms with Crippen molar-refractivity contribution in [3.63, 3.8) is 0 Å². The summed E-state index contributed by atoms with van der Waals surface area (Å²) in [5, 5.41) is 2.17. The maximum Gasteiger partial charge on any atom is 0.137 e. The topological polar surface area (TPSA) is 19.6 Å². The molecule has 10 aromatic rings. The summed E-state index contributed by atoms with van der Waals surface area (Å²) in [5.41, 5.74) is 14.6. The molecule has 2 aliphatic rings. The van der Waals surface area contributed by atoms with Crippen LogP contribution in [0.3, 0.4) is 0 Å². The van der Waals surface area contributed by atoms with Crippen molar-refractivity contribution in [2.24, 2.45) is 0 Å². The van der Waals surface area contributed by atoms with Crippen molar-refractivity contribution in [2.45, 2.75) is 5.41 Å². The van der Waals surface area contributed by atoms with E-state index in [2.05, 4.69) is 132 Å². The largest absolute Gasteiger partial charge is 0.456 e. The van der Waals surface area contributed by atoms with Crippen LogP contribution in [0.5, 0.6) is 0 Å². The van der Waals surface area contributed by atoms with Crippen molar-refractivity contribution in [1.29, 1.82) is 0 Å². The minimum atomic E-state index is -0.645. The summed E-state index contributed by atoms with van der Waals surface area (Å²) in [4.78, 5) is 4.08. The van der Waals surface area contributed by atoms with Crippen LogP contribution in [0.25, 0.3) is 44.2 Å². The van der Waals surface area contributed by atoms with Crippen molar-refractivity contribution in [2.75, 3.05) is 9.80 Å². The molecule has 272 valence electrons. The average molecular weight is 746 g/mol. The molecule has 1 spiro atoms. The second kappa shape index (κ2) is 12.7. The van der Waals surface area contributed by atoms with Crippen LogP contribution in [-0.2, 0) is 5.41 Å². The predicted octanol–water partition coefficient (Wildman–Crippen LogP) is 14.9. The monoisotopic (exact) mass is 745 g/mol. The average Bonchev–Trinajstić information content (AvgIpc) is 3.95. The third-order valence-electron chi connectivity index (χ3n) is 11.9. The Balaban J connectivity index is 1.06. The number of anilines is 6. The number of rotatable bonds is 6. The van der Waals surface area contributed by atoms with Crippen LogP contribution in [0.1, 0.15) is 29.1 Å². The molecule has 0 aliphatic heterocycles. The van der Waals surface area contributed by atoms with Gasteiger partial charge < -0.3 is 14.2 Å². The van der Waals surface area contributed by atoms with Gasteiger partial charge in [-0.05, 0) is 123 Å². The fraction of sp³-hybridized carbons (Fsp3) is 0.0182. The molecule has 0 amide bonds. The minimum absolute atomic E-state index is 0.0969. The molecule has 0 fully saturated rings. The molecule has 3 heteroatoms. The molecule has 0 saturated heterocycles. The lowest BCUT2D eigenvalue weighted by Gasteiger charge is -2.32. The first kappa shape index (κ1) is 27.9. The summed E-state index contributed by atoms with van der Waals surface area (Å²) in [6.45, 7) is 0. The van der Waals surface area contributed by atoms with Gasteiger partial charge in [-0.3, -0.25) is 0 Å². The fourth-order valence-electron chi connectivity index (χ4n) is 9.62. The molecular weight excluding hydrogens is 705 g/mol. The molecule has 0 N–H and O–H groups in total. The smallest absolute Gasteiger partial charge is 0.137 e. The van der Waals surface area contributed by atoms with Crippen molar-refractivity contribution in [3.05, 3.63) is 241 Å². The maximum absolute atomic E-state index is 9.02. The number of hydrogen-bond donors (Lipinski definition) is 0. The van der Waals surface area contributed by atoms with Gasteiger partial charge in [0, 0.05) is 51.0 Å². The molecule has 1 atom stereocenters. The van der Waals surface area contributed by atoms with E-state index in [0.717, 1.165) is 66.8 Å². The normalized spacial score (nSPS) is 15.8. The maximum atomic E-state index is 9.02. The Kier molecular flexibility index (Phi) is 6.11. The molecule has 1 aromatic heterocycles. The van der Waals surface area contributed by atoms with E-state index in [-0.39, 0.29) is 29.9 Å². The Hall–Kier alpha value is -7.62. The quantitative estimate of drug-likeness (QED) is 0.169. The van der Waals surface area contributed by atoms with Gasteiger partial charge in [0.25, 0.3) is 0 Å². The molecule has 2 aliphatic carbocycles. The number of hydrogen-bond acceptors (Lipinski definition) is 3. The van der Waals surface area contributed by atoms with E-state index in [4.69, 9.17) is 11.3 Å². The molecule has 3 nitrogen and oxygen atoms in total. The van der Waals surface area contributed by atoms with Gasteiger partial charge in [-0.15, -0.1) is 0 Å². The van der Waals surface area contributed by atoms with E-state index in [1.807, 2.05) is 60.7 Å². The summed E-state index contributed by atoms with van der Waals surface area (Å²) >= 11 is 0. The lowest BCUT2D eigenvalue weighted by atomic mass is 9.70. The molecular formula is C55H36N2O. The van der Waals surface area contributed by atoms with Crippen LogP contribution in [0.4, 0.5) is 34.1 Å². The molecule has 0 saturated carbocycles. The summed E-state index contributed by atoms with van der Waals surface area (Å²) in [6.07, 6.45) is 0. The van der Waals surface area contributed by atoms with Gasteiger partial charge in [0.05, 0.1) is 12.3 Å². The Morgan fingerprint density at radius 3 is 1.43 bits per heavy atom. The van der Waals surface area contributed by atoms with Crippen molar-refractivity contribution in [3.8, 4) is 22.3 Å². The van der Waals surface area contributed by atoms with E-state index in [1.54, 1.807) is 4.90 Å². The van der Waals surface area contributed by atoms with Crippen molar-refractivity contribution in [1.82, 2.24) is 0 Å². The SMILES string of the molecule is [2H]c1c([2H])c([2H])c(N(c2ccccc2)c2ccc3c(c2)-c2ccccc2C32c3ccccc3-c3cc(N(c4ccccc4)c4ccc5c(c4)oc4ccccc45)ccc32)c([2H])c1[2H]. The second-order valence-corrected chi connectivity index (χ2v) is 14.9. The molecule has 1 heterocycles. The highest BCUT2D eigenvalue weighted by atomic mass is 16.3. The number of benzene rings is 9. The van der Waals surface area contributed by atoms with Gasteiger partial charge in [0.1, 0.15) is 11.2 Å². The number of nitrogens with zero attached hydrogens (tertiary/aromatic N) is 2. The van der Waals surface area contributed by atoms with Crippen LogP contribution in [0.2, 0.25) is 0 Å². The zero-order valence-electron chi connectivity index (χ0n) is 36.2. The standard InChI is InChI=1S/C55H36N2O/c1-4-16-37(17-5-1)56(38-18-6-2-7-19-38)40-29-32-51-47(34-40)43-22-10-13-25-49(43)55(51)50-26-14-11-23-44(50)48-35-41(30-33-52(48)55)57(39-20-8-3-9-21-39)42-28-31-46-45-24-12-15-27-53(45)58-54(46)36-42/h1-36H/i1D,4D,5D,16D,17D. The highest BCUT2D eigenvalue weighted by molar-refractivity contribution is 6.06. The molecule has 0 bridgehead atoms.